The number of para-hydroxylation sites is 1. The van der Waals surface area contributed by atoms with Gasteiger partial charge in [0.1, 0.15) is 4.21 Å². The van der Waals surface area contributed by atoms with E-state index in [0.29, 0.717) is 12.3 Å². The first-order chi connectivity index (χ1) is 13.5. The van der Waals surface area contributed by atoms with Crippen LogP contribution in [0.4, 0.5) is 5.69 Å². The minimum Gasteiger partial charge on any atom is -0.278 e. The normalized spacial score (nSPS) is 14.6. The Balaban J connectivity index is 1.58. The number of amides is 2. The Bertz CT molecular complexity index is 920. The fraction of sp³-hybridized carbons (Fsp3) is 0.368. The van der Waals surface area contributed by atoms with Crippen LogP contribution in [0.2, 0.25) is 0 Å². The van der Waals surface area contributed by atoms with Gasteiger partial charge in [-0.05, 0) is 35.9 Å². The van der Waals surface area contributed by atoms with Gasteiger partial charge >= 0.3 is 0 Å². The summed E-state index contributed by atoms with van der Waals surface area (Å²) in [5.74, 6) is -0.246. The molecule has 150 valence electrons. The molecule has 1 saturated carbocycles. The number of thiophene rings is 1. The fourth-order valence-corrected chi connectivity index (χ4v) is 5.34. The van der Waals surface area contributed by atoms with Gasteiger partial charge in [0.15, 0.2) is 0 Å². The molecule has 0 radical (unpaired) electrons. The molecule has 7 nitrogen and oxygen atoms in total. The Kier molecular flexibility index (Phi) is 6.69. The topological polar surface area (TPSA) is 104 Å². The summed E-state index contributed by atoms with van der Waals surface area (Å²) in [4.78, 5) is 24.4. The number of nitrogens with one attached hydrogen (secondary N) is 3. The van der Waals surface area contributed by atoms with E-state index in [1.807, 2.05) is 0 Å². The highest BCUT2D eigenvalue weighted by molar-refractivity contribution is 7.94. The van der Waals surface area contributed by atoms with E-state index in [1.165, 1.54) is 31.0 Å². The molecule has 1 aliphatic rings. The molecule has 9 heteroatoms. The Morgan fingerprint density at radius 1 is 1.04 bits per heavy atom. The molecule has 1 aromatic carbocycles. The monoisotopic (exact) mass is 421 g/mol. The number of carbonyl (C=O) groups is 2. The molecule has 3 rings (SSSR count). The van der Waals surface area contributed by atoms with Gasteiger partial charge in [0, 0.05) is 6.42 Å². The molecule has 0 aliphatic heterocycles. The molecular weight excluding hydrogens is 398 g/mol. The van der Waals surface area contributed by atoms with Crippen LogP contribution in [0.5, 0.6) is 0 Å². The van der Waals surface area contributed by atoms with E-state index < -0.39 is 15.9 Å². The van der Waals surface area contributed by atoms with Crippen LogP contribution >= 0.6 is 11.3 Å². The maximum Gasteiger partial charge on any atom is 0.271 e. The molecule has 1 fully saturated rings. The molecule has 0 atom stereocenters. The van der Waals surface area contributed by atoms with Crippen molar-refractivity contribution in [2.45, 2.75) is 42.7 Å². The number of anilines is 1. The standard InChI is InChI=1S/C19H23N3O4S2/c23-17(12-11-14-6-1-2-7-14)20-21-19(24)15-8-3-4-9-16(15)22-28(25,26)18-10-5-13-27-18/h3-5,8-10,13-14,22H,1-2,6-7,11-12H2,(H,20,23)(H,21,24). The van der Waals surface area contributed by atoms with Gasteiger partial charge in [0.05, 0.1) is 11.3 Å². The van der Waals surface area contributed by atoms with E-state index in [4.69, 9.17) is 0 Å². The second-order valence-electron chi connectivity index (χ2n) is 6.77. The van der Waals surface area contributed by atoms with Crippen LogP contribution in [0.25, 0.3) is 0 Å². The van der Waals surface area contributed by atoms with Crippen molar-refractivity contribution in [3.63, 3.8) is 0 Å². The number of hydrazine groups is 1. The first-order valence-electron chi connectivity index (χ1n) is 9.20. The minimum atomic E-state index is -3.77. The van der Waals surface area contributed by atoms with Crippen molar-refractivity contribution < 1.29 is 18.0 Å². The highest BCUT2D eigenvalue weighted by atomic mass is 32.2. The summed E-state index contributed by atoms with van der Waals surface area (Å²) >= 11 is 1.09. The molecule has 0 unspecified atom stereocenters. The van der Waals surface area contributed by atoms with Crippen LogP contribution in [0, 0.1) is 5.92 Å². The first kappa shape index (κ1) is 20.3. The van der Waals surface area contributed by atoms with Gasteiger partial charge in [-0.2, -0.15) is 0 Å². The predicted molar refractivity (Wildman–Crippen MR) is 108 cm³/mol. The molecule has 1 heterocycles. The minimum absolute atomic E-state index is 0.124. The van der Waals surface area contributed by atoms with Crippen molar-refractivity contribution in [2.75, 3.05) is 4.72 Å². The second-order valence-corrected chi connectivity index (χ2v) is 9.63. The third kappa shape index (κ3) is 5.32. The highest BCUT2D eigenvalue weighted by Gasteiger charge is 2.20. The van der Waals surface area contributed by atoms with E-state index in [9.17, 15) is 18.0 Å². The zero-order valence-electron chi connectivity index (χ0n) is 15.3. The summed E-state index contributed by atoms with van der Waals surface area (Å²) in [6.45, 7) is 0. The number of hydrogen-bond donors (Lipinski definition) is 3. The lowest BCUT2D eigenvalue weighted by Crippen LogP contribution is -2.42. The largest absolute Gasteiger partial charge is 0.278 e. The summed E-state index contributed by atoms with van der Waals surface area (Å²) in [6, 6.07) is 9.37. The molecule has 0 spiro atoms. The lowest BCUT2D eigenvalue weighted by molar-refractivity contribution is -0.122. The number of carbonyl (C=O) groups excluding carboxylic acids is 2. The van der Waals surface area contributed by atoms with Gasteiger partial charge in [-0.15, -0.1) is 11.3 Å². The summed E-state index contributed by atoms with van der Waals surface area (Å²) in [7, 11) is -3.77. The fourth-order valence-electron chi connectivity index (χ4n) is 3.27. The van der Waals surface area contributed by atoms with Gasteiger partial charge in [-0.3, -0.25) is 25.2 Å². The van der Waals surface area contributed by atoms with Crippen molar-refractivity contribution in [2.24, 2.45) is 5.92 Å². The van der Waals surface area contributed by atoms with Gasteiger partial charge in [-0.25, -0.2) is 8.42 Å². The van der Waals surface area contributed by atoms with Crippen molar-refractivity contribution in [1.82, 2.24) is 10.9 Å². The van der Waals surface area contributed by atoms with Crippen LogP contribution in [-0.4, -0.2) is 20.2 Å². The number of sulfonamides is 1. The van der Waals surface area contributed by atoms with Crippen molar-refractivity contribution in [3.8, 4) is 0 Å². The first-order valence-corrected chi connectivity index (χ1v) is 11.6. The Hall–Kier alpha value is -2.39. The average Bonchev–Trinajstić information content (AvgIpc) is 3.38. The third-order valence-electron chi connectivity index (χ3n) is 4.75. The Morgan fingerprint density at radius 2 is 1.79 bits per heavy atom. The second kappa shape index (κ2) is 9.20. The van der Waals surface area contributed by atoms with Crippen LogP contribution in [0.1, 0.15) is 48.9 Å². The SMILES string of the molecule is O=C(CCC1CCCC1)NNC(=O)c1ccccc1NS(=O)(=O)c1cccs1. The van der Waals surface area contributed by atoms with Crippen molar-refractivity contribution >= 4 is 38.9 Å². The zero-order chi connectivity index (χ0) is 20.0. The van der Waals surface area contributed by atoms with E-state index in [2.05, 4.69) is 15.6 Å². The number of rotatable bonds is 7. The Labute approximate surface area is 168 Å². The molecule has 1 aromatic heterocycles. The van der Waals surface area contributed by atoms with E-state index in [1.54, 1.807) is 23.6 Å². The van der Waals surface area contributed by atoms with Gasteiger partial charge < -0.3 is 0 Å². The van der Waals surface area contributed by atoms with Gasteiger partial charge in [0.25, 0.3) is 15.9 Å². The quantitative estimate of drug-likeness (QED) is 0.597. The zero-order valence-corrected chi connectivity index (χ0v) is 16.9. The maximum absolute atomic E-state index is 12.4. The van der Waals surface area contributed by atoms with Crippen LogP contribution in [0.3, 0.4) is 0 Å². The van der Waals surface area contributed by atoms with Crippen LogP contribution in [-0.2, 0) is 14.8 Å². The summed E-state index contributed by atoms with van der Waals surface area (Å²) in [5.41, 5.74) is 5.04. The molecule has 2 aromatic rings. The Morgan fingerprint density at radius 3 is 2.50 bits per heavy atom. The number of hydrogen-bond acceptors (Lipinski definition) is 5. The van der Waals surface area contributed by atoms with Crippen LogP contribution in [0.15, 0.2) is 46.0 Å². The summed E-state index contributed by atoms with van der Waals surface area (Å²) in [5, 5.41) is 1.66. The summed E-state index contributed by atoms with van der Waals surface area (Å²) in [6.07, 6.45) is 5.95. The molecule has 1 aliphatic carbocycles. The lowest BCUT2D eigenvalue weighted by atomic mass is 10.0. The highest BCUT2D eigenvalue weighted by Crippen LogP contribution is 2.28. The van der Waals surface area contributed by atoms with E-state index >= 15 is 0 Å². The van der Waals surface area contributed by atoms with Crippen molar-refractivity contribution in [3.05, 3.63) is 47.3 Å². The molecular formula is C19H23N3O4S2. The molecule has 28 heavy (non-hydrogen) atoms. The van der Waals surface area contributed by atoms with Crippen molar-refractivity contribution in [1.29, 1.82) is 0 Å². The van der Waals surface area contributed by atoms with E-state index in [0.717, 1.165) is 30.6 Å². The lowest BCUT2D eigenvalue weighted by Gasteiger charge is -2.13. The van der Waals surface area contributed by atoms with Crippen LogP contribution < -0.4 is 15.6 Å². The summed E-state index contributed by atoms with van der Waals surface area (Å²) < 4.78 is 27.4. The average molecular weight is 422 g/mol. The molecule has 0 saturated heterocycles. The number of benzene rings is 1. The van der Waals surface area contributed by atoms with Gasteiger partial charge in [-0.1, -0.05) is 43.9 Å². The smallest absolute Gasteiger partial charge is 0.271 e. The third-order valence-corrected chi connectivity index (χ3v) is 7.51. The predicted octanol–water partition coefficient (Wildman–Crippen LogP) is 3.28. The molecule has 3 N–H and O–H groups in total. The molecule has 2 amide bonds. The molecule has 0 bridgehead atoms. The maximum atomic E-state index is 12.4. The van der Waals surface area contributed by atoms with Gasteiger partial charge in [0.2, 0.25) is 5.91 Å². The van der Waals surface area contributed by atoms with E-state index in [-0.39, 0.29) is 21.4 Å².